The van der Waals surface area contributed by atoms with Crippen molar-refractivity contribution in [3.63, 3.8) is 0 Å². The molecule has 0 spiro atoms. The van der Waals surface area contributed by atoms with E-state index in [2.05, 4.69) is 12.2 Å². The molecule has 0 aromatic heterocycles. The number of nitrogen functional groups attached to an aromatic ring is 1. The van der Waals surface area contributed by atoms with Crippen molar-refractivity contribution >= 4 is 35.6 Å². The molecule has 0 aliphatic heterocycles. The van der Waals surface area contributed by atoms with E-state index in [1.54, 1.807) is 18.2 Å². The van der Waals surface area contributed by atoms with E-state index >= 15 is 0 Å². The average molecular weight is 317 g/mol. The van der Waals surface area contributed by atoms with Gasteiger partial charge in [0.05, 0.1) is 10.6 Å². The molecule has 0 saturated heterocycles. The molecule has 3 nitrogen and oxygen atoms in total. The highest BCUT2D eigenvalue weighted by molar-refractivity contribution is 6.34. The van der Waals surface area contributed by atoms with Crippen LogP contribution in [-0.2, 0) is 0 Å². The highest BCUT2D eigenvalue weighted by Gasteiger charge is 2.19. The molecule has 1 aliphatic carbocycles. The quantitative estimate of drug-likeness (QED) is 0.831. The van der Waals surface area contributed by atoms with E-state index in [9.17, 15) is 4.79 Å². The van der Waals surface area contributed by atoms with Crippen LogP contribution in [0, 0.1) is 11.8 Å². The molecule has 0 atom stereocenters. The summed E-state index contributed by atoms with van der Waals surface area (Å²) in [6.07, 6.45) is 4.94. The number of nitrogens with two attached hydrogens (primary N) is 1. The maximum Gasteiger partial charge on any atom is 0.252 e. The van der Waals surface area contributed by atoms with Gasteiger partial charge in [-0.2, -0.15) is 0 Å². The van der Waals surface area contributed by atoms with Crippen molar-refractivity contribution in [2.45, 2.75) is 32.6 Å². The van der Waals surface area contributed by atoms with Gasteiger partial charge in [0.25, 0.3) is 5.91 Å². The van der Waals surface area contributed by atoms with Crippen molar-refractivity contribution in [1.29, 1.82) is 0 Å². The first kappa shape index (κ1) is 17.1. The molecule has 2 rings (SSSR count). The Morgan fingerprint density at radius 3 is 2.60 bits per heavy atom. The van der Waals surface area contributed by atoms with Crippen LogP contribution in [-0.4, -0.2) is 12.5 Å². The molecule has 1 fully saturated rings. The second-order valence-corrected chi connectivity index (χ2v) is 5.98. The molecular weight excluding hydrogens is 295 g/mol. The van der Waals surface area contributed by atoms with Crippen LogP contribution < -0.4 is 11.1 Å². The van der Waals surface area contributed by atoms with Crippen LogP contribution in [0.25, 0.3) is 0 Å². The molecule has 1 aromatic carbocycles. The minimum Gasteiger partial charge on any atom is -0.399 e. The first-order valence-corrected chi connectivity index (χ1v) is 7.27. The first-order chi connectivity index (χ1) is 9.06. The number of anilines is 1. The summed E-state index contributed by atoms with van der Waals surface area (Å²) in [7, 11) is 0. The molecule has 112 valence electrons. The lowest BCUT2D eigenvalue weighted by Gasteiger charge is -2.26. The zero-order chi connectivity index (χ0) is 13.8. The molecule has 0 unspecified atom stereocenters. The van der Waals surface area contributed by atoms with Crippen LogP contribution in [0.3, 0.4) is 0 Å². The minimum atomic E-state index is -0.108. The lowest BCUT2D eigenvalue weighted by Crippen LogP contribution is -2.31. The summed E-state index contributed by atoms with van der Waals surface area (Å²) in [6.45, 7) is 3.04. The van der Waals surface area contributed by atoms with E-state index in [1.807, 2.05) is 0 Å². The van der Waals surface area contributed by atoms with E-state index in [4.69, 9.17) is 17.3 Å². The fourth-order valence-corrected chi connectivity index (χ4v) is 2.86. The van der Waals surface area contributed by atoms with Gasteiger partial charge in [0.2, 0.25) is 0 Å². The van der Waals surface area contributed by atoms with Crippen LogP contribution in [0.2, 0.25) is 5.02 Å². The molecule has 0 radical (unpaired) electrons. The average Bonchev–Trinajstić information content (AvgIpc) is 2.37. The largest absolute Gasteiger partial charge is 0.399 e. The maximum atomic E-state index is 12.0. The molecule has 0 heterocycles. The fourth-order valence-electron chi connectivity index (χ4n) is 2.58. The van der Waals surface area contributed by atoms with E-state index < -0.39 is 0 Å². The predicted molar refractivity (Wildman–Crippen MR) is 86.6 cm³/mol. The topological polar surface area (TPSA) is 55.1 Å². The summed E-state index contributed by atoms with van der Waals surface area (Å²) < 4.78 is 0. The standard InChI is InChI=1S/C15H21ClN2O.ClH/c1-10-2-4-11(5-3-10)9-18-15(19)13-7-6-12(17)8-14(13)16;/h6-8,10-11H,2-5,9,17H2,1H3,(H,18,19);1H. The molecule has 0 bridgehead atoms. The molecule has 1 amide bonds. The number of rotatable bonds is 3. The molecule has 1 aromatic rings. The molecule has 1 aliphatic rings. The number of amides is 1. The highest BCUT2D eigenvalue weighted by Crippen LogP contribution is 2.27. The third kappa shape index (κ3) is 4.57. The number of carbonyl (C=O) groups is 1. The molecule has 3 N–H and O–H groups in total. The first-order valence-electron chi connectivity index (χ1n) is 6.89. The van der Waals surface area contributed by atoms with Crippen molar-refractivity contribution < 1.29 is 4.79 Å². The van der Waals surface area contributed by atoms with Gasteiger partial charge in [0, 0.05) is 12.2 Å². The third-order valence-electron chi connectivity index (χ3n) is 3.92. The summed E-state index contributed by atoms with van der Waals surface area (Å²) in [5.41, 5.74) is 6.69. The van der Waals surface area contributed by atoms with Crippen LogP contribution in [0.5, 0.6) is 0 Å². The highest BCUT2D eigenvalue weighted by atomic mass is 35.5. The molecule has 1 saturated carbocycles. The van der Waals surface area contributed by atoms with Gasteiger partial charge < -0.3 is 11.1 Å². The van der Waals surface area contributed by atoms with E-state index in [0.717, 1.165) is 12.5 Å². The Bertz CT molecular complexity index is 457. The summed E-state index contributed by atoms with van der Waals surface area (Å²) in [4.78, 5) is 12.0. The second-order valence-electron chi connectivity index (χ2n) is 5.58. The zero-order valence-electron chi connectivity index (χ0n) is 11.7. The van der Waals surface area contributed by atoms with E-state index in [0.29, 0.717) is 22.2 Å². The Balaban J connectivity index is 0.00000200. The smallest absolute Gasteiger partial charge is 0.252 e. The van der Waals surface area contributed by atoms with Gasteiger partial charge in [0.15, 0.2) is 0 Å². The third-order valence-corrected chi connectivity index (χ3v) is 4.24. The van der Waals surface area contributed by atoms with Crippen molar-refractivity contribution in [2.75, 3.05) is 12.3 Å². The number of carbonyl (C=O) groups excluding carboxylic acids is 1. The lowest BCUT2D eigenvalue weighted by atomic mass is 9.83. The van der Waals surface area contributed by atoms with Gasteiger partial charge in [-0.05, 0) is 42.9 Å². The second kappa shape index (κ2) is 7.75. The normalized spacial score (nSPS) is 21.9. The SMILES string of the molecule is CC1CCC(CNC(=O)c2ccc(N)cc2Cl)CC1.Cl. The zero-order valence-corrected chi connectivity index (χ0v) is 13.3. The molecule has 20 heavy (non-hydrogen) atoms. The number of benzene rings is 1. The lowest BCUT2D eigenvalue weighted by molar-refractivity contribution is 0.0942. The van der Waals surface area contributed by atoms with Crippen LogP contribution in [0.4, 0.5) is 5.69 Å². The van der Waals surface area contributed by atoms with E-state index in [1.165, 1.54) is 25.7 Å². The Kier molecular flexibility index (Phi) is 6.63. The van der Waals surface area contributed by atoms with Gasteiger partial charge in [-0.3, -0.25) is 4.79 Å². The van der Waals surface area contributed by atoms with Crippen molar-refractivity contribution in [2.24, 2.45) is 11.8 Å². The Hall–Kier alpha value is -0.930. The van der Waals surface area contributed by atoms with Crippen molar-refractivity contribution in [1.82, 2.24) is 5.32 Å². The Morgan fingerprint density at radius 2 is 2.00 bits per heavy atom. The van der Waals surface area contributed by atoms with Gasteiger partial charge in [0.1, 0.15) is 0 Å². The van der Waals surface area contributed by atoms with E-state index in [-0.39, 0.29) is 18.3 Å². The number of halogens is 2. The van der Waals surface area contributed by atoms with Gasteiger partial charge in [-0.1, -0.05) is 31.4 Å². The molecular formula is C15H22Cl2N2O. The summed E-state index contributed by atoms with van der Waals surface area (Å²) in [5, 5.41) is 3.39. The number of hydrogen-bond donors (Lipinski definition) is 2. The fraction of sp³-hybridized carbons (Fsp3) is 0.533. The number of hydrogen-bond acceptors (Lipinski definition) is 2. The maximum absolute atomic E-state index is 12.0. The Labute approximate surface area is 131 Å². The molecule has 5 heteroatoms. The van der Waals surface area contributed by atoms with Gasteiger partial charge in [-0.25, -0.2) is 0 Å². The van der Waals surface area contributed by atoms with Crippen molar-refractivity contribution in [3.8, 4) is 0 Å². The Morgan fingerprint density at radius 1 is 1.35 bits per heavy atom. The minimum absolute atomic E-state index is 0. The van der Waals surface area contributed by atoms with Gasteiger partial charge in [-0.15, -0.1) is 12.4 Å². The summed E-state index contributed by atoms with van der Waals surface area (Å²) in [5.74, 6) is 1.33. The van der Waals surface area contributed by atoms with Crippen LogP contribution >= 0.6 is 24.0 Å². The van der Waals surface area contributed by atoms with Crippen LogP contribution in [0.1, 0.15) is 43.0 Å². The van der Waals surface area contributed by atoms with Gasteiger partial charge >= 0.3 is 0 Å². The van der Waals surface area contributed by atoms with Crippen LogP contribution in [0.15, 0.2) is 18.2 Å². The van der Waals surface area contributed by atoms with Crippen molar-refractivity contribution in [3.05, 3.63) is 28.8 Å². The number of nitrogens with one attached hydrogen (secondary N) is 1. The summed E-state index contributed by atoms with van der Waals surface area (Å²) >= 11 is 6.02. The summed E-state index contributed by atoms with van der Waals surface area (Å²) in [6, 6.07) is 4.98. The monoisotopic (exact) mass is 316 g/mol. The predicted octanol–water partition coefficient (Wildman–Crippen LogP) is 3.90.